The maximum atomic E-state index is 5.97. The van der Waals surface area contributed by atoms with Crippen LogP contribution in [0.4, 0.5) is 0 Å². The molecule has 1 N–H and O–H groups in total. The highest BCUT2D eigenvalue weighted by molar-refractivity contribution is 6.30. The van der Waals surface area contributed by atoms with Gasteiger partial charge in [-0.3, -0.25) is 0 Å². The lowest BCUT2D eigenvalue weighted by Crippen LogP contribution is -2.33. The summed E-state index contributed by atoms with van der Waals surface area (Å²) in [5, 5.41) is 4.44. The van der Waals surface area contributed by atoms with Crippen LogP contribution in [0.15, 0.2) is 24.3 Å². The minimum atomic E-state index is -0.443. The monoisotopic (exact) mass is 295 g/mol. The number of rotatable bonds is 5. The molecule has 1 saturated heterocycles. The molecule has 2 atom stereocenters. The summed E-state index contributed by atoms with van der Waals surface area (Å²) < 4.78 is 11.5. The molecule has 2 unspecified atom stereocenters. The Morgan fingerprint density at radius 1 is 1.30 bits per heavy atom. The van der Waals surface area contributed by atoms with Gasteiger partial charge in [0.2, 0.25) is 0 Å². The molecule has 110 valence electrons. The zero-order valence-electron chi connectivity index (χ0n) is 12.1. The number of hydrogen-bond donors (Lipinski definition) is 1. The van der Waals surface area contributed by atoms with Gasteiger partial charge in [0.1, 0.15) is 0 Å². The summed E-state index contributed by atoms with van der Waals surface area (Å²) >= 11 is 5.97. The topological polar surface area (TPSA) is 30.5 Å². The quantitative estimate of drug-likeness (QED) is 0.901. The summed E-state index contributed by atoms with van der Waals surface area (Å²) in [5.41, 5.74) is 1.31. The van der Waals surface area contributed by atoms with Crippen LogP contribution < -0.4 is 5.32 Å². The average molecular weight is 296 g/mol. The van der Waals surface area contributed by atoms with Crippen LogP contribution in [0.3, 0.4) is 0 Å². The summed E-state index contributed by atoms with van der Waals surface area (Å²) in [4.78, 5) is 0. The van der Waals surface area contributed by atoms with Gasteiger partial charge in [0.05, 0.1) is 12.7 Å². The van der Waals surface area contributed by atoms with Crippen molar-refractivity contribution in [3.05, 3.63) is 34.9 Å². The fraction of sp³-hybridized carbons (Fsp3) is 0.625. The first-order valence-corrected chi connectivity index (χ1v) is 7.72. The highest BCUT2D eigenvalue weighted by Crippen LogP contribution is 2.41. The van der Waals surface area contributed by atoms with E-state index in [0.29, 0.717) is 12.6 Å². The Balaban J connectivity index is 1.59. The number of hydrogen-bond acceptors (Lipinski definition) is 3. The Hall–Kier alpha value is -0.610. The van der Waals surface area contributed by atoms with Crippen LogP contribution in [0.25, 0.3) is 0 Å². The summed E-state index contributed by atoms with van der Waals surface area (Å²) in [6, 6.07) is 8.57. The number of ether oxygens (including phenoxy) is 2. The van der Waals surface area contributed by atoms with Crippen LogP contribution in [-0.4, -0.2) is 25.0 Å². The van der Waals surface area contributed by atoms with Gasteiger partial charge in [-0.2, -0.15) is 0 Å². The molecule has 1 aromatic carbocycles. The number of benzene rings is 1. The van der Waals surface area contributed by atoms with Crippen molar-refractivity contribution in [3.63, 3.8) is 0 Å². The molecule has 1 saturated carbocycles. The van der Waals surface area contributed by atoms with Gasteiger partial charge in [-0.15, -0.1) is 0 Å². The van der Waals surface area contributed by atoms with Gasteiger partial charge in [-0.1, -0.05) is 23.7 Å². The highest BCUT2D eigenvalue weighted by atomic mass is 35.5. The Kier molecular flexibility index (Phi) is 4.04. The fourth-order valence-corrected chi connectivity index (χ4v) is 2.90. The average Bonchev–Trinajstić information content (AvgIpc) is 3.17. The second-order valence-corrected chi connectivity index (χ2v) is 6.66. The van der Waals surface area contributed by atoms with E-state index >= 15 is 0 Å². The minimum absolute atomic E-state index is 0.138. The summed E-state index contributed by atoms with van der Waals surface area (Å²) in [6.45, 7) is 5.42. The lowest BCUT2D eigenvalue weighted by molar-refractivity contribution is -0.137. The lowest BCUT2D eigenvalue weighted by Gasteiger charge is -2.22. The van der Waals surface area contributed by atoms with Crippen molar-refractivity contribution in [3.8, 4) is 0 Å². The largest absolute Gasteiger partial charge is 0.348 e. The van der Waals surface area contributed by atoms with Crippen LogP contribution in [-0.2, 0) is 9.47 Å². The Morgan fingerprint density at radius 3 is 2.55 bits per heavy atom. The molecule has 0 bridgehead atoms. The zero-order chi connectivity index (χ0) is 14.2. The molecule has 1 aromatic rings. The van der Waals surface area contributed by atoms with Gasteiger partial charge in [-0.25, -0.2) is 0 Å². The van der Waals surface area contributed by atoms with E-state index < -0.39 is 5.79 Å². The molecule has 1 heterocycles. The van der Waals surface area contributed by atoms with E-state index in [4.69, 9.17) is 21.1 Å². The van der Waals surface area contributed by atoms with E-state index in [-0.39, 0.29) is 6.10 Å². The predicted molar refractivity (Wildman–Crippen MR) is 79.8 cm³/mol. The molecule has 0 aromatic heterocycles. The first-order valence-electron chi connectivity index (χ1n) is 7.34. The van der Waals surface area contributed by atoms with E-state index in [1.165, 1.54) is 18.4 Å². The molecule has 3 rings (SSSR count). The molecule has 2 aliphatic rings. The Morgan fingerprint density at radius 2 is 2.00 bits per heavy atom. The van der Waals surface area contributed by atoms with Crippen LogP contribution in [0.1, 0.15) is 38.3 Å². The van der Waals surface area contributed by atoms with Gasteiger partial charge in [-0.05, 0) is 50.3 Å². The van der Waals surface area contributed by atoms with Crippen LogP contribution in [0, 0.1) is 5.92 Å². The van der Waals surface area contributed by atoms with Crippen molar-refractivity contribution >= 4 is 11.6 Å². The van der Waals surface area contributed by atoms with E-state index in [1.807, 2.05) is 26.0 Å². The van der Waals surface area contributed by atoms with Crippen molar-refractivity contribution < 1.29 is 9.47 Å². The van der Waals surface area contributed by atoms with E-state index in [2.05, 4.69) is 17.4 Å². The predicted octanol–water partition coefficient (Wildman–Crippen LogP) is 3.53. The highest BCUT2D eigenvalue weighted by Gasteiger charge is 2.35. The molecule has 0 spiro atoms. The maximum absolute atomic E-state index is 5.97. The second-order valence-electron chi connectivity index (χ2n) is 6.23. The van der Waals surface area contributed by atoms with Crippen LogP contribution >= 0.6 is 11.6 Å². The van der Waals surface area contributed by atoms with E-state index in [1.54, 1.807) is 0 Å². The van der Waals surface area contributed by atoms with E-state index in [0.717, 1.165) is 17.5 Å². The van der Waals surface area contributed by atoms with E-state index in [9.17, 15) is 0 Å². The first-order chi connectivity index (χ1) is 9.53. The minimum Gasteiger partial charge on any atom is -0.348 e. The van der Waals surface area contributed by atoms with Gasteiger partial charge in [0.25, 0.3) is 0 Å². The van der Waals surface area contributed by atoms with Gasteiger partial charge in [0, 0.05) is 17.6 Å². The molecule has 4 heteroatoms. The van der Waals surface area contributed by atoms with Crippen molar-refractivity contribution in [2.45, 2.75) is 44.6 Å². The zero-order valence-corrected chi connectivity index (χ0v) is 12.8. The molecule has 20 heavy (non-hydrogen) atoms. The summed E-state index contributed by atoms with van der Waals surface area (Å²) in [5.74, 6) is 0.299. The third-order valence-corrected chi connectivity index (χ3v) is 4.21. The third-order valence-electron chi connectivity index (χ3n) is 3.96. The standard InChI is InChI=1S/C16H22ClNO2/c1-16(2)19-10-14(20-16)9-18-15(11-3-4-11)12-5-7-13(17)8-6-12/h5-8,11,14-15,18H,3-4,9-10H2,1-2H3. The van der Waals surface area contributed by atoms with Gasteiger partial charge < -0.3 is 14.8 Å². The van der Waals surface area contributed by atoms with Gasteiger partial charge >= 0.3 is 0 Å². The van der Waals surface area contributed by atoms with Crippen LogP contribution in [0.5, 0.6) is 0 Å². The molecule has 3 nitrogen and oxygen atoms in total. The summed E-state index contributed by atoms with van der Waals surface area (Å²) in [7, 11) is 0. The second kappa shape index (κ2) is 5.64. The number of nitrogens with one attached hydrogen (secondary N) is 1. The fourth-order valence-electron chi connectivity index (χ4n) is 2.78. The van der Waals surface area contributed by atoms with Crippen molar-refractivity contribution in [1.82, 2.24) is 5.32 Å². The molecular weight excluding hydrogens is 274 g/mol. The Labute approximate surface area is 125 Å². The normalized spacial score (nSPS) is 26.6. The third kappa shape index (κ3) is 3.53. The molecule has 2 fully saturated rings. The molecular formula is C16H22ClNO2. The van der Waals surface area contributed by atoms with Crippen molar-refractivity contribution in [1.29, 1.82) is 0 Å². The molecule has 0 radical (unpaired) electrons. The van der Waals surface area contributed by atoms with Gasteiger partial charge in [0.15, 0.2) is 5.79 Å². The lowest BCUT2D eigenvalue weighted by atomic mass is 10.0. The smallest absolute Gasteiger partial charge is 0.163 e. The SMILES string of the molecule is CC1(C)OCC(CNC(c2ccc(Cl)cc2)C2CC2)O1. The first kappa shape index (κ1) is 14.3. The summed E-state index contributed by atoms with van der Waals surface area (Å²) in [6.07, 6.45) is 2.74. The van der Waals surface area contributed by atoms with Crippen LogP contribution in [0.2, 0.25) is 5.02 Å². The Bertz CT molecular complexity index is 456. The molecule has 1 aliphatic heterocycles. The molecule has 0 amide bonds. The van der Waals surface area contributed by atoms with Crippen molar-refractivity contribution in [2.75, 3.05) is 13.2 Å². The van der Waals surface area contributed by atoms with Crippen molar-refractivity contribution in [2.24, 2.45) is 5.92 Å². The molecule has 1 aliphatic carbocycles. The number of halogens is 1. The maximum Gasteiger partial charge on any atom is 0.163 e.